The van der Waals surface area contributed by atoms with Gasteiger partial charge in [0.05, 0.1) is 29.0 Å². The summed E-state index contributed by atoms with van der Waals surface area (Å²) in [7, 11) is -3.55. The van der Waals surface area contributed by atoms with Crippen LogP contribution in [0.25, 0.3) is 22.3 Å². The molecule has 2 aliphatic heterocycles. The molecular weight excluding hydrogens is 530 g/mol. The third-order valence-electron chi connectivity index (χ3n) is 6.90. The number of aliphatic hydroxyl groups is 1. The number of hydrogen-bond donors (Lipinski definition) is 2. The second-order valence-corrected chi connectivity index (χ2v) is 12.1. The van der Waals surface area contributed by atoms with Crippen molar-refractivity contribution in [2.45, 2.75) is 36.3 Å². The van der Waals surface area contributed by atoms with E-state index < -0.39 is 21.6 Å². The summed E-state index contributed by atoms with van der Waals surface area (Å²) in [6, 6.07) is 12.2. The van der Waals surface area contributed by atoms with Gasteiger partial charge in [-0.2, -0.15) is 0 Å². The molecule has 1 aromatic carbocycles. The molecule has 0 aliphatic carbocycles. The fourth-order valence-corrected chi connectivity index (χ4v) is 6.94. The molecule has 38 heavy (non-hydrogen) atoms. The molecule has 12 heteroatoms. The monoisotopic (exact) mass is 553 g/mol. The van der Waals surface area contributed by atoms with Crippen LogP contribution >= 0.6 is 11.3 Å². The van der Waals surface area contributed by atoms with E-state index in [4.69, 9.17) is 14.5 Å². The average Bonchev–Trinajstić information content (AvgIpc) is 3.57. The van der Waals surface area contributed by atoms with Crippen LogP contribution in [0.5, 0.6) is 5.75 Å². The molecule has 196 valence electrons. The normalized spacial score (nSPS) is 18.1. The van der Waals surface area contributed by atoms with Gasteiger partial charge >= 0.3 is 5.97 Å². The zero-order valence-corrected chi connectivity index (χ0v) is 21.9. The van der Waals surface area contributed by atoms with Gasteiger partial charge in [0.2, 0.25) is 10.0 Å². The Kier molecular flexibility index (Phi) is 5.87. The molecule has 5 heterocycles. The summed E-state index contributed by atoms with van der Waals surface area (Å²) < 4.78 is 39.7. The fraction of sp³-hybridized carbons (Fsp3) is 0.269. The van der Waals surface area contributed by atoms with Crippen LogP contribution in [0.1, 0.15) is 30.0 Å². The molecule has 0 spiro atoms. The number of fused-ring (bicyclic) bond motifs is 5. The number of hydrogen-bond acceptors (Lipinski definition) is 9. The van der Waals surface area contributed by atoms with E-state index in [-0.39, 0.29) is 47.1 Å². The van der Waals surface area contributed by atoms with Gasteiger partial charge in [-0.15, -0.1) is 11.3 Å². The highest BCUT2D eigenvalue weighted by Gasteiger charge is 2.45. The number of thiophene rings is 1. The van der Waals surface area contributed by atoms with Crippen LogP contribution in [0.4, 0.5) is 0 Å². The first-order chi connectivity index (χ1) is 18.2. The molecule has 2 N–H and O–H groups in total. The van der Waals surface area contributed by atoms with E-state index >= 15 is 0 Å². The first-order valence-electron chi connectivity index (χ1n) is 12.0. The van der Waals surface area contributed by atoms with E-state index in [1.807, 2.05) is 12.1 Å². The van der Waals surface area contributed by atoms with Gasteiger partial charge in [0, 0.05) is 23.1 Å². The standard InChI is InChI=1S/C26H23N3O7S2/c1-2-26(32)19-12-21-23-16(13-29(21)24(30)18(19)14-36-25(26)31)10-15-11-17(5-6-20(15)28-23)35-8-7-27-38(33,34)22-4-3-9-37-22/h3-6,9-12,27,32H,2,7-8,13-14H2,1H3. The lowest BCUT2D eigenvalue weighted by Gasteiger charge is -2.31. The quantitative estimate of drug-likeness (QED) is 0.232. The predicted molar refractivity (Wildman–Crippen MR) is 140 cm³/mol. The second kappa shape index (κ2) is 9.02. The van der Waals surface area contributed by atoms with E-state index in [0.29, 0.717) is 29.2 Å². The van der Waals surface area contributed by atoms with Crippen LogP contribution in [-0.4, -0.2) is 42.2 Å². The summed E-state index contributed by atoms with van der Waals surface area (Å²) >= 11 is 1.15. The van der Waals surface area contributed by atoms with Crippen LogP contribution in [0.15, 0.2) is 56.8 Å². The smallest absolute Gasteiger partial charge is 0.343 e. The van der Waals surface area contributed by atoms with Gasteiger partial charge in [0.25, 0.3) is 5.56 Å². The topological polar surface area (TPSA) is 137 Å². The highest BCUT2D eigenvalue weighted by atomic mass is 32.2. The van der Waals surface area contributed by atoms with Crippen molar-refractivity contribution in [1.82, 2.24) is 14.3 Å². The minimum Gasteiger partial charge on any atom is -0.492 e. The summed E-state index contributed by atoms with van der Waals surface area (Å²) in [5, 5.41) is 13.5. The number of benzene rings is 1. The van der Waals surface area contributed by atoms with E-state index in [0.717, 1.165) is 22.3 Å². The number of esters is 1. The molecule has 0 radical (unpaired) electrons. The van der Waals surface area contributed by atoms with Gasteiger partial charge in [0.1, 0.15) is 23.2 Å². The van der Waals surface area contributed by atoms with Crippen molar-refractivity contribution < 1.29 is 27.8 Å². The number of aromatic nitrogens is 2. The summed E-state index contributed by atoms with van der Waals surface area (Å²) in [5.41, 5.74) is 1.04. The minimum absolute atomic E-state index is 0.0813. The Morgan fingerprint density at radius 3 is 2.84 bits per heavy atom. The SMILES string of the molecule is CCC1(O)C(=O)OCc2c1cc1n(c2=O)Cc2cc3cc(OCCNS(=O)(=O)c4cccs4)ccc3nc2-1. The van der Waals surface area contributed by atoms with E-state index in [1.54, 1.807) is 47.2 Å². The van der Waals surface area contributed by atoms with Crippen molar-refractivity contribution in [2.24, 2.45) is 0 Å². The summed E-state index contributed by atoms with van der Waals surface area (Å²) in [4.78, 5) is 30.4. The highest BCUT2D eigenvalue weighted by Crippen LogP contribution is 2.38. The van der Waals surface area contributed by atoms with Crippen LogP contribution in [0, 0.1) is 0 Å². The largest absolute Gasteiger partial charge is 0.492 e. The zero-order chi connectivity index (χ0) is 26.7. The lowest BCUT2D eigenvalue weighted by atomic mass is 9.86. The summed E-state index contributed by atoms with van der Waals surface area (Å²) in [6.07, 6.45) is 0.0813. The lowest BCUT2D eigenvalue weighted by molar-refractivity contribution is -0.172. The Balaban J connectivity index is 1.26. The number of sulfonamides is 1. The van der Waals surface area contributed by atoms with Crippen molar-refractivity contribution in [1.29, 1.82) is 0 Å². The Hall–Kier alpha value is -3.58. The number of carbonyl (C=O) groups excluding carboxylic acids is 1. The molecular formula is C26H23N3O7S2. The van der Waals surface area contributed by atoms with Crippen LogP contribution in [-0.2, 0) is 38.3 Å². The van der Waals surface area contributed by atoms with Crippen LogP contribution in [0.2, 0.25) is 0 Å². The molecule has 0 saturated carbocycles. The molecule has 10 nitrogen and oxygen atoms in total. The van der Waals surface area contributed by atoms with E-state index in [9.17, 15) is 23.1 Å². The number of pyridine rings is 2. The number of ether oxygens (including phenoxy) is 2. The molecule has 1 atom stereocenters. The van der Waals surface area contributed by atoms with Crippen LogP contribution < -0.4 is 15.0 Å². The van der Waals surface area contributed by atoms with Crippen molar-refractivity contribution in [2.75, 3.05) is 13.2 Å². The number of carbonyl (C=O) groups is 1. The van der Waals surface area contributed by atoms with Crippen LogP contribution in [0.3, 0.4) is 0 Å². The van der Waals surface area contributed by atoms with Gasteiger partial charge in [0.15, 0.2) is 5.60 Å². The Morgan fingerprint density at radius 1 is 1.24 bits per heavy atom. The van der Waals surface area contributed by atoms with Crippen molar-refractivity contribution in [3.63, 3.8) is 0 Å². The number of cyclic esters (lactones) is 1. The number of nitrogens with one attached hydrogen (secondary N) is 1. The maximum absolute atomic E-state index is 13.3. The van der Waals surface area contributed by atoms with Gasteiger partial charge < -0.3 is 19.1 Å². The molecule has 0 saturated heterocycles. The predicted octanol–water partition coefficient (Wildman–Crippen LogP) is 2.50. The molecule has 0 fully saturated rings. The van der Waals surface area contributed by atoms with E-state index in [2.05, 4.69) is 4.72 Å². The van der Waals surface area contributed by atoms with Gasteiger partial charge in [-0.25, -0.2) is 22.9 Å². The highest BCUT2D eigenvalue weighted by molar-refractivity contribution is 7.91. The van der Waals surface area contributed by atoms with Gasteiger partial charge in [-0.3, -0.25) is 4.79 Å². The summed E-state index contributed by atoms with van der Waals surface area (Å²) in [6.45, 7) is 2.04. The van der Waals surface area contributed by atoms with Gasteiger partial charge in [-0.05, 0) is 48.2 Å². The minimum atomic E-state index is -3.55. The van der Waals surface area contributed by atoms with E-state index in [1.165, 1.54) is 0 Å². The summed E-state index contributed by atoms with van der Waals surface area (Å²) in [5.74, 6) is -0.199. The maximum atomic E-state index is 13.3. The first kappa shape index (κ1) is 24.7. The fourth-order valence-electron chi connectivity index (χ4n) is 4.89. The van der Waals surface area contributed by atoms with Crippen molar-refractivity contribution in [3.05, 3.63) is 74.9 Å². The maximum Gasteiger partial charge on any atom is 0.343 e. The Bertz CT molecular complexity index is 1760. The van der Waals surface area contributed by atoms with Crippen molar-refractivity contribution in [3.8, 4) is 17.1 Å². The number of nitrogens with zero attached hydrogens (tertiary/aromatic N) is 2. The lowest BCUT2D eigenvalue weighted by Crippen LogP contribution is -2.44. The second-order valence-electron chi connectivity index (χ2n) is 9.13. The first-order valence-corrected chi connectivity index (χ1v) is 14.3. The van der Waals surface area contributed by atoms with Crippen molar-refractivity contribution >= 4 is 38.2 Å². The molecule has 3 aromatic heterocycles. The molecule has 6 rings (SSSR count). The third kappa shape index (κ3) is 3.91. The molecule has 2 aliphatic rings. The third-order valence-corrected chi connectivity index (χ3v) is 9.76. The zero-order valence-electron chi connectivity index (χ0n) is 20.3. The molecule has 1 unspecified atom stereocenters. The average molecular weight is 554 g/mol. The molecule has 4 aromatic rings. The Labute approximate surface area is 221 Å². The Morgan fingerprint density at radius 2 is 2.08 bits per heavy atom. The molecule has 0 amide bonds. The molecule has 0 bridgehead atoms. The number of rotatable bonds is 7. The van der Waals surface area contributed by atoms with Gasteiger partial charge in [-0.1, -0.05) is 13.0 Å².